The van der Waals surface area contributed by atoms with E-state index in [1.165, 1.54) is 32.5 Å². The van der Waals surface area contributed by atoms with Crippen molar-refractivity contribution in [3.8, 4) is 34.6 Å². The third-order valence-electron chi connectivity index (χ3n) is 4.03. The summed E-state index contributed by atoms with van der Waals surface area (Å²) in [6.07, 6.45) is 1.69. The van der Waals surface area contributed by atoms with Crippen LogP contribution in [0.5, 0.6) is 17.2 Å². The fourth-order valence-electron chi connectivity index (χ4n) is 2.69. The van der Waals surface area contributed by atoms with E-state index >= 15 is 0 Å². The molecule has 1 aromatic heterocycles. The lowest BCUT2D eigenvalue weighted by atomic mass is 10.1. The zero-order valence-corrected chi connectivity index (χ0v) is 18.8. The van der Waals surface area contributed by atoms with Gasteiger partial charge in [0, 0.05) is 22.3 Å². The first kappa shape index (κ1) is 21.6. The van der Waals surface area contributed by atoms with Gasteiger partial charge in [0.25, 0.3) is 0 Å². The van der Waals surface area contributed by atoms with Crippen molar-refractivity contribution in [3.05, 3.63) is 56.8 Å². The van der Waals surface area contributed by atoms with Crippen molar-refractivity contribution in [1.82, 2.24) is 4.98 Å². The number of carbonyl (C=O) groups excluding carboxylic acids is 1. The van der Waals surface area contributed by atoms with Gasteiger partial charge < -0.3 is 14.2 Å². The van der Waals surface area contributed by atoms with Gasteiger partial charge in [0.2, 0.25) is 5.75 Å². The SMILES string of the molecule is COc1cc(C=C(C#N)c2nc(-c3ccc(Br)cc3)cs2)cc(OC)c1OC(C)=O. The minimum Gasteiger partial charge on any atom is -0.493 e. The number of hydrogen-bond acceptors (Lipinski definition) is 7. The summed E-state index contributed by atoms with van der Waals surface area (Å²) in [7, 11) is 2.93. The predicted octanol–water partition coefficient (Wildman–Crippen LogP) is 5.58. The van der Waals surface area contributed by atoms with Crippen LogP contribution in [0.2, 0.25) is 0 Å². The Morgan fingerprint density at radius 2 is 1.80 bits per heavy atom. The van der Waals surface area contributed by atoms with Gasteiger partial charge in [-0.2, -0.15) is 5.26 Å². The van der Waals surface area contributed by atoms with E-state index in [1.54, 1.807) is 18.2 Å². The van der Waals surface area contributed by atoms with Gasteiger partial charge in [0.1, 0.15) is 11.1 Å². The second-order valence-electron chi connectivity index (χ2n) is 6.06. The molecule has 8 heteroatoms. The topological polar surface area (TPSA) is 81.4 Å². The van der Waals surface area contributed by atoms with Crippen molar-refractivity contribution < 1.29 is 19.0 Å². The van der Waals surface area contributed by atoms with Crippen LogP contribution >= 0.6 is 27.3 Å². The van der Waals surface area contributed by atoms with Crippen LogP contribution in [0.1, 0.15) is 17.5 Å². The second kappa shape index (κ2) is 9.57. The number of aromatic nitrogens is 1. The minimum absolute atomic E-state index is 0.190. The zero-order chi connectivity index (χ0) is 21.7. The highest BCUT2D eigenvalue weighted by Gasteiger charge is 2.17. The molecule has 0 radical (unpaired) electrons. The normalized spacial score (nSPS) is 11.0. The van der Waals surface area contributed by atoms with Crippen molar-refractivity contribution in [3.63, 3.8) is 0 Å². The molecule has 0 saturated carbocycles. The van der Waals surface area contributed by atoms with Crippen LogP contribution in [-0.4, -0.2) is 25.2 Å². The Hall–Kier alpha value is -3.15. The summed E-state index contributed by atoms with van der Waals surface area (Å²) < 4.78 is 16.9. The number of thiazole rings is 1. The number of ether oxygens (including phenoxy) is 3. The molecule has 152 valence electrons. The second-order valence-corrected chi connectivity index (χ2v) is 7.84. The van der Waals surface area contributed by atoms with Gasteiger partial charge in [-0.1, -0.05) is 28.1 Å². The summed E-state index contributed by atoms with van der Waals surface area (Å²) in [5.41, 5.74) is 2.81. The summed E-state index contributed by atoms with van der Waals surface area (Å²) in [6.45, 7) is 1.30. The molecule has 1 heterocycles. The Morgan fingerprint density at radius 1 is 1.17 bits per heavy atom. The summed E-state index contributed by atoms with van der Waals surface area (Å²) in [6, 6.07) is 13.3. The molecule has 0 amide bonds. The number of rotatable bonds is 6. The Labute approximate surface area is 186 Å². The Morgan fingerprint density at radius 3 is 2.33 bits per heavy atom. The van der Waals surface area contributed by atoms with E-state index in [1.807, 2.05) is 29.6 Å². The van der Waals surface area contributed by atoms with E-state index in [-0.39, 0.29) is 5.75 Å². The number of methoxy groups -OCH3 is 2. The molecule has 0 unspecified atom stereocenters. The highest BCUT2D eigenvalue weighted by molar-refractivity contribution is 9.10. The van der Waals surface area contributed by atoms with E-state index in [2.05, 4.69) is 27.0 Å². The average molecular weight is 485 g/mol. The number of esters is 1. The first-order valence-corrected chi connectivity index (χ1v) is 10.4. The lowest BCUT2D eigenvalue weighted by Gasteiger charge is -2.13. The number of benzene rings is 2. The van der Waals surface area contributed by atoms with Gasteiger partial charge >= 0.3 is 5.97 Å². The third-order valence-corrected chi connectivity index (χ3v) is 5.44. The van der Waals surface area contributed by atoms with Crippen LogP contribution in [-0.2, 0) is 4.79 Å². The number of nitrogens with zero attached hydrogens (tertiary/aromatic N) is 2. The van der Waals surface area contributed by atoms with Crippen LogP contribution in [0.4, 0.5) is 0 Å². The molecular weight excluding hydrogens is 468 g/mol. The van der Waals surface area contributed by atoms with Gasteiger partial charge in [-0.15, -0.1) is 11.3 Å². The molecule has 3 aromatic rings. The van der Waals surface area contributed by atoms with E-state index in [0.29, 0.717) is 27.6 Å². The summed E-state index contributed by atoms with van der Waals surface area (Å²) >= 11 is 4.80. The van der Waals surface area contributed by atoms with Crippen molar-refractivity contribution >= 4 is 44.9 Å². The Kier molecular flexibility index (Phi) is 6.87. The Bertz CT molecular complexity index is 1120. The lowest BCUT2D eigenvalue weighted by molar-refractivity contribution is -0.132. The fourth-order valence-corrected chi connectivity index (χ4v) is 3.75. The number of hydrogen-bond donors (Lipinski definition) is 0. The maximum Gasteiger partial charge on any atom is 0.308 e. The van der Waals surface area contributed by atoms with Crippen molar-refractivity contribution in [2.24, 2.45) is 0 Å². The average Bonchev–Trinajstić information content (AvgIpc) is 3.22. The maximum absolute atomic E-state index is 11.4. The highest BCUT2D eigenvalue weighted by Crippen LogP contribution is 2.39. The molecule has 0 aliphatic carbocycles. The first-order valence-electron chi connectivity index (χ1n) is 8.73. The number of allylic oxidation sites excluding steroid dienone is 1. The molecule has 3 rings (SSSR count). The number of nitriles is 1. The van der Waals surface area contributed by atoms with Gasteiger partial charge in [-0.25, -0.2) is 4.98 Å². The lowest BCUT2D eigenvalue weighted by Crippen LogP contribution is -2.05. The molecule has 0 fully saturated rings. The van der Waals surface area contributed by atoms with Crippen molar-refractivity contribution in [2.75, 3.05) is 14.2 Å². The van der Waals surface area contributed by atoms with E-state index in [0.717, 1.165) is 15.7 Å². The molecule has 0 aliphatic heterocycles. The molecule has 0 aliphatic rings. The molecule has 0 saturated heterocycles. The van der Waals surface area contributed by atoms with Crippen molar-refractivity contribution in [2.45, 2.75) is 6.92 Å². The highest BCUT2D eigenvalue weighted by atomic mass is 79.9. The smallest absolute Gasteiger partial charge is 0.308 e. The molecular formula is C22H17BrN2O4S. The Balaban J connectivity index is 1.99. The fraction of sp³-hybridized carbons (Fsp3) is 0.136. The molecule has 0 atom stereocenters. The monoisotopic (exact) mass is 484 g/mol. The van der Waals surface area contributed by atoms with Gasteiger partial charge in [-0.3, -0.25) is 4.79 Å². The zero-order valence-electron chi connectivity index (χ0n) is 16.4. The van der Waals surface area contributed by atoms with E-state index in [4.69, 9.17) is 14.2 Å². The van der Waals surface area contributed by atoms with E-state index < -0.39 is 5.97 Å². The van der Waals surface area contributed by atoms with Gasteiger partial charge in [0.15, 0.2) is 11.5 Å². The third kappa shape index (κ3) is 4.87. The van der Waals surface area contributed by atoms with Crippen LogP contribution < -0.4 is 14.2 Å². The maximum atomic E-state index is 11.4. The summed E-state index contributed by atoms with van der Waals surface area (Å²) in [5, 5.41) is 12.2. The first-order chi connectivity index (χ1) is 14.4. The van der Waals surface area contributed by atoms with Crippen LogP contribution in [0.25, 0.3) is 22.9 Å². The van der Waals surface area contributed by atoms with Crippen LogP contribution in [0.3, 0.4) is 0 Å². The molecule has 0 bridgehead atoms. The van der Waals surface area contributed by atoms with E-state index in [9.17, 15) is 10.1 Å². The van der Waals surface area contributed by atoms with Crippen LogP contribution in [0.15, 0.2) is 46.3 Å². The van der Waals surface area contributed by atoms with Gasteiger partial charge in [-0.05, 0) is 35.9 Å². The molecule has 6 nitrogen and oxygen atoms in total. The largest absolute Gasteiger partial charge is 0.493 e. The minimum atomic E-state index is -0.490. The number of halogens is 1. The summed E-state index contributed by atoms with van der Waals surface area (Å²) in [4.78, 5) is 16.0. The molecule has 0 N–H and O–H groups in total. The van der Waals surface area contributed by atoms with Crippen molar-refractivity contribution in [1.29, 1.82) is 5.26 Å². The molecule has 30 heavy (non-hydrogen) atoms. The molecule has 2 aromatic carbocycles. The molecule has 0 spiro atoms. The number of carbonyl (C=O) groups is 1. The quantitative estimate of drug-likeness (QED) is 0.258. The van der Waals surface area contributed by atoms with Crippen LogP contribution in [0, 0.1) is 11.3 Å². The van der Waals surface area contributed by atoms with Gasteiger partial charge in [0.05, 0.1) is 25.5 Å². The predicted molar refractivity (Wildman–Crippen MR) is 120 cm³/mol. The standard InChI is InChI=1S/C22H17BrN2O4S/c1-13(26)29-21-19(27-2)9-14(10-20(21)28-3)8-16(11-24)22-25-18(12-30-22)15-4-6-17(23)7-5-15/h4-10,12H,1-3H3. The summed E-state index contributed by atoms with van der Waals surface area (Å²) in [5.74, 6) is 0.344.